The molecule has 0 bridgehead atoms. The van der Waals surface area contributed by atoms with E-state index in [1.807, 2.05) is 25.2 Å². The molecule has 1 atom stereocenters. The van der Waals surface area contributed by atoms with Crippen molar-refractivity contribution in [1.82, 2.24) is 5.32 Å². The van der Waals surface area contributed by atoms with Gasteiger partial charge < -0.3 is 10.1 Å². The summed E-state index contributed by atoms with van der Waals surface area (Å²) in [6.45, 7) is 0.506. The number of likely N-dealkylation sites (N-methyl/N-ethyl adjacent to an activating group) is 1. The third kappa shape index (κ3) is 3.31. The third-order valence-corrected chi connectivity index (χ3v) is 2.78. The fourth-order valence-electron chi connectivity index (χ4n) is 1.74. The molecule has 0 spiro atoms. The molecule has 0 radical (unpaired) electrons. The van der Waals surface area contributed by atoms with Crippen molar-refractivity contribution in [1.29, 1.82) is 0 Å². The summed E-state index contributed by atoms with van der Waals surface area (Å²) in [6, 6.07) is 16.3. The van der Waals surface area contributed by atoms with Crippen LogP contribution >= 0.6 is 0 Å². The van der Waals surface area contributed by atoms with Gasteiger partial charge in [0, 0.05) is 0 Å². The zero-order valence-corrected chi connectivity index (χ0v) is 10.3. The summed E-state index contributed by atoms with van der Waals surface area (Å²) in [7, 11) is 1.89. The Bertz CT molecular complexity index is 470. The lowest BCUT2D eigenvalue weighted by molar-refractivity contribution is 0.273. The van der Waals surface area contributed by atoms with Gasteiger partial charge in [-0.2, -0.15) is 0 Å². The van der Waals surface area contributed by atoms with Gasteiger partial charge >= 0.3 is 0 Å². The summed E-state index contributed by atoms with van der Waals surface area (Å²) in [5.41, 5.74) is 1.17. The smallest absolute Gasteiger partial charge is 0.123 e. The van der Waals surface area contributed by atoms with Crippen LogP contribution in [0.1, 0.15) is 11.6 Å². The van der Waals surface area contributed by atoms with Crippen LogP contribution in [0.4, 0.5) is 4.39 Å². The van der Waals surface area contributed by atoms with Crippen molar-refractivity contribution >= 4 is 0 Å². The van der Waals surface area contributed by atoms with E-state index >= 15 is 0 Å². The predicted octanol–water partition coefficient (Wildman–Crippen LogP) is 3.17. The molecule has 0 aromatic heterocycles. The topological polar surface area (TPSA) is 21.3 Å². The summed E-state index contributed by atoms with van der Waals surface area (Å²) >= 11 is 0. The summed E-state index contributed by atoms with van der Waals surface area (Å²) in [4.78, 5) is 0. The molecule has 1 unspecified atom stereocenters. The van der Waals surface area contributed by atoms with Gasteiger partial charge in [-0.1, -0.05) is 30.3 Å². The van der Waals surface area contributed by atoms with Crippen molar-refractivity contribution in [2.24, 2.45) is 0 Å². The monoisotopic (exact) mass is 245 g/mol. The van der Waals surface area contributed by atoms with Crippen LogP contribution in [0.25, 0.3) is 0 Å². The number of hydrogen-bond donors (Lipinski definition) is 1. The minimum atomic E-state index is -0.254. The molecule has 0 heterocycles. The lowest BCUT2D eigenvalue weighted by Gasteiger charge is -2.17. The Kier molecular flexibility index (Phi) is 4.31. The highest BCUT2D eigenvalue weighted by atomic mass is 19.1. The fraction of sp³-hybridized carbons (Fsp3) is 0.200. The number of nitrogens with one attached hydrogen (secondary N) is 1. The Hall–Kier alpha value is -1.87. The van der Waals surface area contributed by atoms with Gasteiger partial charge in [0.25, 0.3) is 0 Å². The largest absolute Gasteiger partial charge is 0.492 e. The third-order valence-electron chi connectivity index (χ3n) is 2.78. The summed E-state index contributed by atoms with van der Waals surface area (Å²) < 4.78 is 18.4. The van der Waals surface area contributed by atoms with Crippen LogP contribution in [-0.4, -0.2) is 13.7 Å². The average molecular weight is 245 g/mol. The van der Waals surface area contributed by atoms with Gasteiger partial charge in [-0.15, -0.1) is 0 Å². The van der Waals surface area contributed by atoms with E-state index in [-0.39, 0.29) is 11.9 Å². The first-order chi connectivity index (χ1) is 8.79. The van der Waals surface area contributed by atoms with E-state index in [2.05, 4.69) is 17.4 Å². The molecule has 2 aromatic rings. The summed E-state index contributed by atoms with van der Waals surface area (Å²) in [6.07, 6.45) is 0. The zero-order chi connectivity index (χ0) is 12.8. The molecule has 0 aliphatic carbocycles. The van der Waals surface area contributed by atoms with Crippen molar-refractivity contribution in [2.75, 3.05) is 13.7 Å². The molecule has 3 heteroatoms. The summed E-state index contributed by atoms with van der Waals surface area (Å²) in [5, 5.41) is 3.20. The molecule has 0 saturated heterocycles. The molecular formula is C15H16FNO. The van der Waals surface area contributed by atoms with Gasteiger partial charge in [0.15, 0.2) is 0 Å². The van der Waals surface area contributed by atoms with E-state index in [0.29, 0.717) is 12.4 Å². The molecule has 2 aromatic carbocycles. The Morgan fingerprint density at radius 3 is 2.33 bits per heavy atom. The SMILES string of the molecule is CNC(COc1ccc(F)cc1)c1ccccc1. The second-order valence-electron chi connectivity index (χ2n) is 4.02. The van der Waals surface area contributed by atoms with Crippen LogP contribution in [0.15, 0.2) is 54.6 Å². The average Bonchev–Trinajstić information content (AvgIpc) is 2.43. The lowest BCUT2D eigenvalue weighted by Crippen LogP contribution is -2.23. The number of rotatable bonds is 5. The van der Waals surface area contributed by atoms with Gasteiger partial charge in [-0.25, -0.2) is 4.39 Å². The molecule has 0 saturated carbocycles. The standard InChI is InChI=1S/C15H16FNO/c1-17-15(12-5-3-2-4-6-12)11-18-14-9-7-13(16)8-10-14/h2-10,15,17H,11H2,1H3. The molecule has 2 rings (SSSR count). The highest BCUT2D eigenvalue weighted by Crippen LogP contribution is 2.16. The van der Waals surface area contributed by atoms with Crippen molar-refractivity contribution in [3.05, 3.63) is 66.0 Å². The maximum atomic E-state index is 12.7. The van der Waals surface area contributed by atoms with Gasteiger partial charge in [0.05, 0.1) is 6.04 Å². The van der Waals surface area contributed by atoms with Crippen LogP contribution < -0.4 is 10.1 Å². The molecular weight excluding hydrogens is 229 g/mol. The Labute approximate surface area is 106 Å². The summed E-state index contributed by atoms with van der Waals surface area (Å²) in [5.74, 6) is 0.420. The quantitative estimate of drug-likeness (QED) is 0.873. The van der Waals surface area contributed by atoms with Crippen LogP contribution in [0.2, 0.25) is 0 Å². The van der Waals surface area contributed by atoms with Crippen LogP contribution in [-0.2, 0) is 0 Å². The first-order valence-corrected chi connectivity index (χ1v) is 5.90. The zero-order valence-electron chi connectivity index (χ0n) is 10.3. The minimum absolute atomic E-state index is 0.122. The second-order valence-corrected chi connectivity index (χ2v) is 4.02. The number of benzene rings is 2. The Balaban J connectivity index is 1.97. The van der Waals surface area contributed by atoms with Crippen LogP contribution in [0.3, 0.4) is 0 Å². The van der Waals surface area contributed by atoms with Gasteiger partial charge in [-0.3, -0.25) is 0 Å². The van der Waals surface area contributed by atoms with E-state index in [4.69, 9.17) is 4.74 Å². The van der Waals surface area contributed by atoms with Crippen molar-refractivity contribution in [3.8, 4) is 5.75 Å². The minimum Gasteiger partial charge on any atom is -0.492 e. The molecule has 0 fully saturated rings. The highest BCUT2D eigenvalue weighted by molar-refractivity contribution is 5.23. The first kappa shape index (κ1) is 12.6. The maximum absolute atomic E-state index is 12.7. The number of halogens is 1. The second kappa shape index (κ2) is 6.17. The Morgan fingerprint density at radius 1 is 1.06 bits per heavy atom. The molecule has 1 N–H and O–H groups in total. The van der Waals surface area contributed by atoms with Crippen LogP contribution in [0, 0.1) is 5.82 Å². The molecule has 0 aliphatic heterocycles. The van der Waals surface area contributed by atoms with E-state index in [1.54, 1.807) is 12.1 Å². The normalized spacial score (nSPS) is 12.1. The molecule has 0 aliphatic rings. The first-order valence-electron chi connectivity index (χ1n) is 5.90. The van der Waals surface area contributed by atoms with Crippen LogP contribution in [0.5, 0.6) is 5.75 Å². The maximum Gasteiger partial charge on any atom is 0.123 e. The van der Waals surface area contributed by atoms with E-state index in [0.717, 1.165) is 0 Å². The highest BCUT2D eigenvalue weighted by Gasteiger charge is 2.09. The fourth-order valence-corrected chi connectivity index (χ4v) is 1.74. The number of ether oxygens (including phenoxy) is 1. The van der Waals surface area contributed by atoms with Crippen molar-refractivity contribution in [3.63, 3.8) is 0 Å². The predicted molar refractivity (Wildman–Crippen MR) is 70.1 cm³/mol. The lowest BCUT2D eigenvalue weighted by atomic mass is 10.1. The van der Waals surface area contributed by atoms with Gasteiger partial charge in [0.1, 0.15) is 18.2 Å². The molecule has 18 heavy (non-hydrogen) atoms. The van der Waals surface area contributed by atoms with E-state index in [9.17, 15) is 4.39 Å². The number of hydrogen-bond acceptors (Lipinski definition) is 2. The molecule has 94 valence electrons. The molecule has 0 amide bonds. The Morgan fingerprint density at radius 2 is 1.72 bits per heavy atom. The van der Waals surface area contributed by atoms with E-state index < -0.39 is 0 Å². The van der Waals surface area contributed by atoms with Gasteiger partial charge in [0.2, 0.25) is 0 Å². The van der Waals surface area contributed by atoms with Gasteiger partial charge in [-0.05, 0) is 36.9 Å². The van der Waals surface area contributed by atoms with E-state index in [1.165, 1.54) is 17.7 Å². The van der Waals surface area contributed by atoms with Crippen molar-refractivity contribution < 1.29 is 9.13 Å². The van der Waals surface area contributed by atoms with Crippen molar-refractivity contribution in [2.45, 2.75) is 6.04 Å². The molecule has 2 nitrogen and oxygen atoms in total.